The summed E-state index contributed by atoms with van der Waals surface area (Å²) in [5.41, 5.74) is 0. The molecule has 0 bridgehead atoms. The lowest BCUT2D eigenvalue weighted by molar-refractivity contribution is -0.151. The topological polar surface area (TPSA) is 43.4 Å². The lowest BCUT2D eigenvalue weighted by Crippen LogP contribution is -2.18. The molecule has 3 heteroatoms. The van der Waals surface area contributed by atoms with Crippen LogP contribution in [0.25, 0.3) is 0 Å². The van der Waals surface area contributed by atoms with Crippen molar-refractivity contribution in [1.82, 2.24) is 0 Å². The molecule has 1 atom stereocenters. The molecule has 0 aliphatic carbocycles. The van der Waals surface area contributed by atoms with Crippen molar-refractivity contribution in [3.63, 3.8) is 0 Å². The summed E-state index contributed by atoms with van der Waals surface area (Å²) in [4.78, 5) is 21.1. The van der Waals surface area contributed by atoms with Crippen LogP contribution in [-0.2, 0) is 14.3 Å². The molecule has 0 aromatic heterocycles. The third-order valence-electron chi connectivity index (χ3n) is 1.57. The first-order chi connectivity index (χ1) is 5.74. The van der Waals surface area contributed by atoms with E-state index in [1.165, 1.54) is 0 Å². The first kappa shape index (κ1) is 11.1. The number of aldehydes is 1. The fourth-order valence-electron chi connectivity index (χ4n) is 0.812. The SMILES string of the molecule is CCCCC(C=O)OC(=O)CC. The van der Waals surface area contributed by atoms with Gasteiger partial charge in [-0.1, -0.05) is 20.3 Å². The monoisotopic (exact) mass is 172 g/mol. The average Bonchev–Trinajstić information content (AvgIpc) is 2.11. The summed E-state index contributed by atoms with van der Waals surface area (Å²) < 4.78 is 4.84. The Hall–Kier alpha value is -0.860. The Balaban J connectivity index is 3.66. The number of esters is 1. The van der Waals surface area contributed by atoms with Crippen LogP contribution < -0.4 is 0 Å². The van der Waals surface area contributed by atoms with Crippen molar-refractivity contribution in [1.29, 1.82) is 0 Å². The van der Waals surface area contributed by atoms with E-state index in [9.17, 15) is 9.59 Å². The van der Waals surface area contributed by atoms with E-state index in [1.807, 2.05) is 6.92 Å². The molecule has 3 nitrogen and oxygen atoms in total. The molecule has 0 radical (unpaired) electrons. The molecule has 0 aromatic carbocycles. The van der Waals surface area contributed by atoms with Crippen LogP contribution >= 0.6 is 0 Å². The van der Waals surface area contributed by atoms with Crippen molar-refractivity contribution < 1.29 is 14.3 Å². The van der Waals surface area contributed by atoms with Gasteiger partial charge in [0.15, 0.2) is 12.4 Å². The van der Waals surface area contributed by atoms with Gasteiger partial charge in [0.25, 0.3) is 0 Å². The summed E-state index contributed by atoms with van der Waals surface area (Å²) >= 11 is 0. The highest BCUT2D eigenvalue weighted by molar-refractivity contribution is 5.72. The van der Waals surface area contributed by atoms with Gasteiger partial charge in [-0.2, -0.15) is 0 Å². The molecule has 0 fully saturated rings. The van der Waals surface area contributed by atoms with E-state index >= 15 is 0 Å². The van der Waals surface area contributed by atoms with Crippen LogP contribution in [0.3, 0.4) is 0 Å². The smallest absolute Gasteiger partial charge is 0.306 e. The molecule has 0 aliphatic heterocycles. The third-order valence-corrected chi connectivity index (χ3v) is 1.57. The van der Waals surface area contributed by atoms with Crippen LogP contribution in [0.5, 0.6) is 0 Å². The summed E-state index contributed by atoms with van der Waals surface area (Å²) in [5, 5.41) is 0. The Morgan fingerprint density at radius 1 is 1.50 bits per heavy atom. The zero-order chi connectivity index (χ0) is 9.40. The largest absolute Gasteiger partial charge is 0.455 e. The van der Waals surface area contributed by atoms with Gasteiger partial charge in [0.05, 0.1) is 0 Å². The van der Waals surface area contributed by atoms with Crippen molar-refractivity contribution in [2.45, 2.75) is 45.6 Å². The lowest BCUT2D eigenvalue weighted by atomic mass is 10.2. The minimum atomic E-state index is -0.530. The maximum absolute atomic E-state index is 10.8. The van der Waals surface area contributed by atoms with Crippen molar-refractivity contribution in [3.8, 4) is 0 Å². The quantitative estimate of drug-likeness (QED) is 0.452. The highest BCUT2D eigenvalue weighted by Crippen LogP contribution is 2.03. The normalized spacial score (nSPS) is 12.2. The van der Waals surface area contributed by atoms with Crippen molar-refractivity contribution in [2.24, 2.45) is 0 Å². The first-order valence-corrected chi connectivity index (χ1v) is 4.39. The predicted molar refractivity (Wildman–Crippen MR) is 45.8 cm³/mol. The van der Waals surface area contributed by atoms with Crippen LogP contribution in [0.15, 0.2) is 0 Å². The van der Waals surface area contributed by atoms with E-state index in [2.05, 4.69) is 0 Å². The van der Waals surface area contributed by atoms with Crippen molar-refractivity contribution in [2.75, 3.05) is 0 Å². The zero-order valence-corrected chi connectivity index (χ0v) is 7.71. The fourth-order valence-corrected chi connectivity index (χ4v) is 0.812. The summed E-state index contributed by atoms with van der Waals surface area (Å²) in [5.74, 6) is -0.303. The van der Waals surface area contributed by atoms with Crippen molar-refractivity contribution in [3.05, 3.63) is 0 Å². The summed E-state index contributed by atoms with van der Waals surface area (Å²) in [6, 6.07) is 0. The molecule has 0 spiro atoms. The van der Waals surface area contributed by atoms with Crippen molar-refractivity contribution >= 4 is 12.3 Å². The molecule has 0 saturated heterocycles. The second kappa shape index (κ2) is 6.83. The number of carbonyl (C=O) groups is 2. The summed E-state index contributed by atoms with van der Waals surface area (Å²) in [7, 11) is 0. The van der Waals surface area contributed by atoms with Crippen LogP contribution in [0.4, 0.5) is 0 Å². The van der Waals surface area contributed by atoms with Gasteiger partial charge in [-0.15, -0.1) is 0 Å². The maximum atomic E-state index is 10.8. The second-order valence-corrected chi connectivity index (χ2v) is 2.66. The van der Waals surface area contributed by atoms with Gasteiger partial charge in [0.2, 0.25) is 0 Å². The number of unbranched alkanes of at least 4 members (excludes halogenated alkanes) is 1. The van der Waals surface area contributed by atoms with E-state index in [0.29, 0.717) is 19.1 Å². The highest BCUT2D eigenvalue weighted by Gasteiger charge is 2.10. The van der Waals surface area contributed by atoms with E-state index < -0.39 is 6.10 Å². The molecule has 0 saturated carbocycles. The minimum absolute atomic E-state index is 0.303. The lowest BCUT2D eigenvalue weighted by Gasteiger charge is -2.09. The van der Waals surface area contributed by atoms with Gasteiger partial charge >= 0.3 is 5.97 Å². The van der Waals surface area contributed by atoms with Crippen LogP contribution in [0, 0.1) is 0 Å². The minimum Gasteiger partial charge on any atom is -0.455 e. The van der Waals surface area contributed by atoms with Gasteiger partial charge < -0.3 is 4.74 Å². The number of hydrogen-bond donors (Lipinski definition) is 0. The molecule has 12 heavy (non-hydrogen) atoms. The predicted octanol–water partition coefficient (Wildman–Crippen LogP) is 1.70. The highest BCUT2D eigenvalue weighted by atomic mass is 16.5. The van der Waals surface area contributed by atoms with Gasteiger partial charge in [0, 0.05) is 6.42 Å². The molecule has 0 aliphatic rings. The summed E-state index contributed by atoms with van der Waals surface area (Å²) in [6.07, 6.45) is 3.07. The van der Waals surface area contributed by atoms with E-state index in [0.717, 1.165) is 12.8 Å². The third kappa shape index (κ3) is 4.88. The number of rotatable bonds is 6. The first-order valence-electron chi connectivity index (χ1n) is 4.39. The fraction of sp³-hybridized carbons (Fsp3) is 0.778. The Labute approximate surface area is 73.1 Å². The zero-order valence-electron chi connectivity index (χ0n) is 7.71. The Morgan fingerprint density at radius 3 is 2.58 bits per heavy atom. The van der Waals surface area contributed by atoms with E-state index in [-0.39, 0.29) is 5.97 Å². The number of carbonyl (C=O) groups excluding carboxylic acids is 2. The molecular formula is C9H16O3. The second-order valence-electron chi connectivity index (χ2n) is 2.66. The van der Waals surface area contributed by atoms with Crippen LogP contribution in [-0.4, -0.2) is 18.4 Å². The molecule has 70 valence electrons. The van der Waals surface area contributed by atoms with Gasteiger partial charge in [-0.25, -0.2) is 0 Å². The van der Waals surface area contributed by atoms with Gasteiger partial charge in [0.1, 0.15) is 0 Å². The van der Waals surface area contributed by atoms with Gasteiger partial charge in [-0.3, -0.25) is 9.59 Å². The molecule has 1 unspecified atom stereocenters. The Morgan fingerprint density at radius 2 is 2.17 bits per heavy atom. The Kier molecular flexibility index (Phi) is 6.34. The van der Waals surface area contributed by atoms with Crippen LogP contribution in [0.1, 0.15) is 39.5 Å². The number of ether oxygens (including phenoxy) is 1. The molecule has 0 amide bonds. The molecule has 0 aromatic rings. The molecule has 0 N–H and O–H groups in total. The average molecular weight is 172 g/mol. The van der Waals surface area contributed by atoms with E-state index in [1.54, 1.807) is 6.92 Å². The van der Waals surface area contributed by atoms with Crippen LogP contribution in [0.2, 0.25) is 0 Å². The molecule has 0 rings (SSSR count). The Bertz CT molecular complexity index is 143. The van der Waals surface area contributed by atoms with E-state index in [4.69, 9.17) is 4.74 Å². The maximum Gasteiger partial charge on any atom is 0.306 e. The summed E-state index contributed by atoms with van der Waals surface area (Å²) in [6.45, 7) is 3.74. The number of hydrogen-bond acceptors (Lipinski definition) is 3. The molecular weight excluding hydrogens is 156 g/mol. The standard InChI is InChI=1S/C9H16O3/c1-3-5-6-8(7-10)12-9(11)4-2/h7-8H,3-6H2,1-2H3. The van der Waals surface area contributed by atoms with Gasteiger partial charge in [-0.05, 0) is 12.8 Å². The molecule has 0 heterocycles.